The van der Waals surface area contributed by atoms with Crippen molar-refractivity contribution in [1.29, 1.82) is 0 Å². The molecule has 0 aromatic carbocycles. The van der Waals surface area contributed by atoms with Crippen molar-refractivity contribution in [3.8, 4) is 0 Å². The summed E-state index contributed by atoms with van der Waals surface area (Å²) in [5, 5.41) is 8.72. The molecule has 1 unspecified atom stereocenters. The number of carboxylic acid groups (broad SMARTS) is 1. The second-order valence-corrected chi connectivity index (χ2v) is 6.85. The van der Waals surface area contributed by atoms with Crippen LogP contribution in [0.4, 0.5) is 0 Å². The van der Waals surface area contributed by atoms with Crippen LogP contribution in [0, 0.1) is 0 Å². The summed E-state index contributed by atoms with van der Waals surface area (Å²) in [6, 6.07) is 0.496. The van der Waals surface area contributed by atoms with Crippen LogP contribution >= 0.6 is 0 Å². The van der Waals surface area contributed by atoms with Gasteiger partial charge in [0.15, 0.2) is 0 Å². The standard InChI is InChI=1S/C17H31N3O3/c1-15(19-8-3-2-4-9-19)5-6-16(21)20-13-11-18(12-14-20)10-7-17(22)23/h15H,2-14H2,1H3,(H,22,23). The molecule has 2 fully saturated rings. The fourth-order valence-corrected chi connectivity index (χ4v) is 3.51. The number of piperidine rings is 1. The van der Waals surface area contributed by atoms with Crippen LogP contribution in [0.5, 0.6) is 0 Å². The van der Waals surface area contributed by atoms with E-state index in [1.165, 1.54) is 32.4 Å². The normalized spacial score (nSPS) is 22.0. The smallest absolute Gasteiger partial charge is 0.304 e. The maximum Gasteiger partial charge on any atom is 0.304 e. The number of hydrogen-bond acceptors (Lipinski definition) is 4. The molecule has 2 heterocycles. The lowest BCUT2D eigenvalue weighted by atomic mass is 10.1. The lowest BCUT2D eigenvalue weighted by molar-refractivity contribution is -0.138. The third-order valence-corrected chi connectivity index (χ3v) is 5.16. The molecular formula is C17H31N3O3. The molecule has 0 aliphatic carbocycles. The maximum atomic E-state index is 12.4. The van der Waals surface area contributed by atoms with Gasteiger partial charge < -0.3 is 14.9 Å². The Morgan fingerprint density at radius 2 is 1.61 bits per heavy atom. The second-order valence-electron chi connectivity index (χ2n) is 6.85. The third-order valence-electron chi connectivity index (χ3n) is 5.16. The van der Waals surface area contributed by atoms with Crippen LogP contribution in [0.2, 0.25) is 0 Å². The number of aliphatic carboxylic acids is 1. The molecule has 0 radical (unpaired) electrons. The first-order valence-electron chi connectivity index (χ1n) is 9.02. The average molecular weight is 325 g/mol. The summed E-state index contributed by atoms with van der Waals surface area (Å²) >= 11 is 0. The Kier molecular flexibility index (Phi) is 7.30. The van der Waals surface area contributed by atoms with Crippen LogP contribution in [-0.4, -0.2) is 83.5 Å². The van der Waals surface area contributed by atoms with Gasteiger partial charge in [-0.05, 0) is 39.3 Å². The van der Waals surface area contributed by atoms with Crippen LogP contribution in [0.15, 0.2) is 0 Å². The van der Waals surface area contributed by atoms with Crippen LogP contribution in [0.25, 0.3) is 0 Å². The van der Waals surface area contributed by atoms with Crippen molar-refractivity contribution >= 4 is 11.9 Å². The topological polar surface area (TPSA) is 64.1 Å². The first-order valence-corrected chi connectivity index (χ1v) is 9.02. The minimum absolute atomic E-state index is 0.182. The number of likely N-dealkylation sites (tertiary alicyclic amines) is 1. The number of hydrogen-bond donors (Lipinski definition) is 1. The van der Waals surface area contributed by atoms with Crippen molar-refractivity contribution in [3.63, 3.8) is 0 Å². The van der Waals surface area contributed by atoms with Crippen LogP contribution in [0.3, 0.4) is 0 Å². The van der Waals surface area contributed by atoms with E-state index in [1.54, 1.807) is 0 Å². The lowest BCUT2D eigenvalue weighted by Gasteiger charge is -2.35. The molecule has 6 heteroatoms. The average Bonchev–Trinajstić information content (AvgIpc) is 2.58. The molecule has 2 saturated heterocycles. The van der Waals surface area contributed by atoms with Gasteiger partial charge in [0.1, 0.15) is 0 Å². The zero-order valence-corrected chi connectivity index (χ0v) is 14.4. The maximum absolute atomic E-state index is 12.4. The number of carbonyl (C=O) groups excluding carboxylic acids is 1. The highest BCUT2D eigenvalue weighted by atomic mass is 16.4. The molecule has 132 valence electrons. The molecule has 0 spiro atoms. The van der Waals surface area contributed by atoms with Gasteiger partial charge in [-0.2, -0.15) is 0 Å². The monoisotopic (exact) mass is 325 g/mol. The molecule has 1 atom stereocenters. The predicted molar refractivity (Wildman–Crippen MR) is 89.4 cm³/mol. The number of carboxylic acids is 1. The molecular weight excluding hydrogens is 294 g/mol. The van der Waals surface area contributed by atoms with Crippen molar-refractivity contribution < 1.29 is 14.7 Å². The Bertz CT molecular complexity index is 389. The molecule has 0 aromatic rings. The minimum atomic E-state index is -0.754. The largest absolute Gasteiger partial charge is 0.481 e. The Hall–Kier alpha value is -1.14. The second kappa shape index (κ2) is 9.23. The van der Waals surface area contributed by atoms with Crippen molar-refractivity contribution in [1.82, 2.24) is 14.7 Å². The Morgan fingerprint density at radius 3 is 2.22 bits per heavy atom. The third kappa shape index (κ3) is 6.11. The molecule has 0 bridgehead atoms. The van der Waals surface area contributed by atoms with E-state index in [0.717, 1.165) is 32.6 Å². The van der Waals surface area contributed by atoms with Gasteiger partial charge in [-0.3, -0.25) is 14.5 Å². The molecule has 23 heavy (non-hydrogen) atoms. The highest BCUT2D eigenvalue weighted by Gasteiger charge is 2.23. The Morgan fingerprint density at radius 1 is 0.957 bits per heavy atom. The SMILES string of the molecule is CC(CCC(=O)N1CCN(CCC(=O)O)CC1)N1CCCCC1. The molecule has 0 aromatic heterocycles. The highest BCUT2D eigenvalue weighted by molar-refractivity contribution is 5.76. The quantitative estimate of drug-likeness (QED) is 0.763. The van der Waals surface area contributed by atoms with E-state index in [0.29, 0.717) is 19.0 Å². The van der Waals surface area contributed by atoms with Gasteiger partial charge in [0.25, 0.3) is 0 Å². The van der Waals surface area contributed by atoms with Gasteiger partial charge in [0.2, 0.25) is 5.91 Å². The number of carbonyl (C=O) groups is 2. The summed E-state index contributed by atoms with van der Waals surface area (Å²) in [6.07, 6.45) is 5.67. The summed E-state index contributed by atoms with van der Waals surface area (Å²) in [5.41, 5.74) is 0. The fraction of sp³-hybridized carbons (Fsp3) is 0.882. The number of nitrogens with zero attached hydrogens (tertiary/aromatic N) is 3. The molecule has 2 aliphatic rings. The Labute approximate surface area is 139 Å². The fourth-order valence-electron chi connectivity index (χ4n) is 3.51. The van der Waals surface area contributed by atoms with E-state index < -0.39 is 5.97 Å². The lowest BCUT2D eigenvalue weighted by Crippen LogP contribution is -2.49. The van der Waals surface area contributed by atoms with E-state index in [1.807, 2.05) is 4.90 Å². The predicted octanol–water partition coefficient (Wildman–Crippen LogP) is 1.26. The van der Waals surface area contributed by atoms with E-state index in [4.69, 9.17) is 5.11 Å². The molecule has 1 amide bonds. The summed E-state index contributed by atoms with van der Waals surface area (Å²) in [7, 11) is 0. The van der Waals surface area contributed by atoms with Crippen LogP contribution in [-0.2, 0) is 9.59 Å². The van der Waals surface area contributed by atoms with Crippen molar-refractivity contribution in [2.45, 2.75) is 51.5 Å². The number of amides is 1. The summed E-state index contributed by atoms with van der Waals surface area (Å²) in [6.45, 7) is 8.23. The van der Waals surface area contributed by atoms with Gasteiger partial charge in [0.05, 0.1) is 6.42 Å². The van der Waals surface area contributed by atoms with Gasteiger partial charge in [-0.15, -0.1) is 0 Å². The molecule has 2 aliphatic heterocycles. The molecule has 0 saturated carbocycles. The Balaban J connectivity index is 1.63. The van der Waals surface area contributed by atoms with Crippen molar-refractivity contribution in [2.75, 3.05) is 45.8 Å². The zero-order valence-electron chi connectivity index (χ0n) is 14.4. The molecule has 6 nitrogen and oxygen atoms in total. The summed E-state index contributed by atoms with van der Waals surface area (Å²) in [5.74, 6) is -0.498. The highest BCUT2D eigenvalue weighted by Crippen LogP contribution is 2.16. The minimum Gasteiger partial charge on any atom is -0.481 e. The van der Waals surface area contributed by atoms with Crippen LogP contribution in [0.1, 0.15) is 45.4 Å². The van der Waals surface area contributed by atoms with Crippen molar-refractivity contribution in [3.05, 3.63) is 0 Å². The van der Waals surface area contributed by atoms with E-state index in [2.05, 4.69) is 16.7 Å². The summed E-state index contributed by atoms with van der Waals surface area (Å²) < 4.78 is 0. The zero-order chi connectivity index (χ0) is 16.7. The number of piperazine rings is 1. The first-order chi connectivity index (χ1) is 11.1. The van der Waals surface area contributed by atoms with Gasteiger partial charge in [-0.25, -0.2) is 0 Å². The molecule has 2 rings (SSSR count). The van der Waals surface area contributed by atoms with E-state index in [-0.39, 0.29) is 12.3 Å². The first kappa shape index (κ1) is 18.2. The van der Waals surface area contributed by atoms with E-state index in [9.17, 15) is 9.59 Å². The van der Waals surface area contributed by atoms with E-state index >= 15 is 0 Å². The van der Waals surface area contributed by atoms with Gasteiger partial charge in [0, 0.05) is 45.2 Å². The number of rotatable bonds is 7. The summed E-state index contributed by atoms with van der Waals surface area (Å²) in [4.78, 5) is 29.5. The van der Waals surface area contributed by atoms with Crippen LogP contribution < -0.4 is 0 Å². The molecule has 1 N–H and O–H groups in total. The van der Waals surface area contributed by atoms with Crippen molar-refractivity contribution in [2.24, 2.45) is 0 Å². The van der Waals surface area contributed by atoms with Gasteiger partial charge >= 0.3 is 5.97 Å². The van der Waals surface area contributed by atoms with Gasteiger partial charge in [-0.1, -0.05) is 6.42 Å².